The SMILES string of the molecule is Cc1ccccc1N(C(=O)c1cccc(S(=O)(=O)N2CCOCC2)c1)c1nc2ccccc2s1. The Labute approximate surface area is 202 Å². The number of carbonyl (C=O) groups is 1. The van der Waals surface area contributed by atoms with Gasteiger partial charge in [-0.2, -0.15) is 4.31 Å². The molecule has 0 spiro atoms. The summed E-state index contributed by atoms with van der Waals surface area (Å²) >= 11 is 1.42. The lowest BCUT2D eigenvalue weighted by atomic mass is 10.1. The first-order chi connectivity index (χ1) is 16.4. The predicted octanol–water partition coefficient (Wildman–Crippen LogP) is 4.60. The number of sulfonamides is 1. The monoisotopic (exact) mass is 493 g/mol. The van der Waals surface area contributed by atoms with Crippen molar-refractivity contribution >= 4 is 48.3 Å². The normalized spacial score (nSPS) is 14.9. The molecular weight excluding hydrogens is 470 g/mol. The second kappa shape index (κ2) is 9.27. The smallest absolute Gasteiger partial charge is 0.264 e. The summed E-state index contributed by atoms with van der Waals surface area (Å²) in [5.74, 6) is -0.340. The number of thiazole rings is 1. The average Bonchev–Trinajstić information content (AvgIpc) is 3.29. The molecule has 3 aromatic carbocycles. The van der Waals surface area contributed by atoms with Gasteiger partial charge in [-0.05, 0) is 48.9 Å². The summed E-state index contributed by atoms with van der Waals surface area (Å²) < 4.78 is 34.0. The molecule has 9 heteroatoms. The van der Waals surface area contributed by atoms with Gasteiger partial charge in [-0.3, -0.25) is 9.69 Å². The van der Waals surface area contributed by atoms with E-state index in [1.807, 2.05) is 55.5 Å². The fourth-order valence-electron chi connectivity index (χ4n) is 3.92. The third-order valence-corrected chi connectivity index (χ3v) is 8.64. The summed E-state index contributed by atoms with van der Waals surface area (Å²) in [6.07, 6.45) is 0. The van der Waals surface area contributed by atoms with Crippen molar-refractivity contribution in [2.45, 2.75) is 11.8 Å². The number of rotatable bonds is 5. The van der Waals surface area contributed by atoms with E-state index in [-0.39, 0.29) is 16.4 Å². The van der Waals surface area contributed by atoms with Crippen LogP contribution < -0.4 is 4.90 Å². The Hall–Kier alpha value is -3.11. The van der Waals surface area contributed by atoms with Crippen LogP contribution in [-0.4, -0.2) is 49.9 Å². The fraction of sp³-hybridized carbons (Fsp3) is 0.200. The quantitative estimate of drug-likeness (QED) is 0.406. The zero-order valence-corrected chi connectivity index (χ0v) is 20.2. The molecule has 174 valence electrons. The van der Waals surface area contributed by atoms with Gasteiger partial charge in [0.05, 0.1) is 34.0 Å². The zero-order chi connectivity index (χ0) is 23.7. The molecule has 1 aromatic heterocycles. The molecule has 7 nitrogen and oxygen atoms in total. The van der Waals surface area contributed by atoms with E-state index >= 15 is 0 Å². The molecule has 0 N–H and O–H groups in total. The number of aromatic nitrogens is 1. The van der Waals surface area contributed by atoms with Crippen molar-refractivity contribution < 1.29 is 17.9 Å². The first-order valence-electron chi connectivity index (χ1n) is 10.9. The van der Waals surface area contributed by atoms with Gasteiger partial charge in [-0.1, -0.05) is 47.7 Å². The number of amides is 1. The van der Waals surface area contributed by atoms with Gasteiger partial charge >= 0.3 is 0 Å². The van der Waals surface area contributed by atoms with Crippen LogP contribution in [0.2, 0.25) is 0 Å². The minimum atomic E-state index is -3.73. The Balaban J connectivity index is 1.58. The molecule has 1 amide bonds. The molecule has 1 aliphatic heterocycles. The first-order valence-corrected chi connectivity index (χ1v) is 13.1. The average molecular weight is 494 g/mol. The molecular formula is C25H23N3O4S2. The summed E-state index contributed by atoms with van der Waals surface area (Å²) in [4.78, 5) is 20.3. The zero-order valence-electron chi connectivity index (χ0n) is 18.5. The Morgan fingerprint density at radius 2 is 1.74 bits per heavy atom. The van der Waals surface area contributed by atoms with E-state index in [0.717, 1.165) is 15.8 Å². The second-order valence-electron chi connectivity index (χ2n) is 7.94. The molecule has 2 heterocycles. The Morgan fingerprint density at radius 1 is 1.00 bits per heavy atom. The molecule has 0 unspecified atom stereocenters. The lowest BCUT2D eigenvalue weighted by molar-refractivity contribution is 0.0730. The Bertz CT molecular complexity index is 1430. The fourth-order valence-corrected chi connectivity index (χ4v) is 6.36. The Morgan fingerprint density at radius 3 is 2.50 bits per heavy atom. The molecule has 0 bridgehead atoms. The number of carbonyl (C=O) groups excluding carboxylic acids is 1. The highest BCUT2D eigenvalue weighted by atomic mass is 32.2. The summed E-state index contributed by atoms with van der Waals surface area (Å²) in [5.41, 5.74) is 2.69. The summed E-state index contributed by atoms with van der Waals surface area (Å²) in [5, 5.41) is 0.530. The van der Waals surface area contributed by atoms with Gasteiger partial charge in [0.1, 0.15) is 0 Å². The van der Waals surface area contributed by atoms with Crippen molar-refractivity contribution in [3.05, 3.63) is 83.9 Å². The standard InChI is InChI=1S/C25H23N3O4S2/c1-18-7-2-4-11-22(18)28(25-26-21-10-3-5-12-23(21)33-25)24(29)19-8-6-9-20(17-19)34(30,31)27-13-15-32-16-14-27/h2-12,17H,13-16H2,1H3. The van der Waals surface area contributed by atoms with Crippen LogP contribution in [0.3, 0.4) is 0 Å². The molecule has 1 saturated heterocycles. The van der Waals surface area contributed by atoms with Gasteiger partial charge in [-0.15, -0.1) is 0 Å². The van der Waals surface area contributed by atoms with Gasteiger partial charge in [0.2, 0.25) is 10.0 Å². The van der Waals surface area contributed by atoms with Crippen molar-refractivity contribution in [1.82, 2.24) is 9.29 Å². The van der Waals surface area contributed by atoms with Crippen LogP contribution in [0.15, 0.2) is 77.7 Å². The van der Waals surface area contributed by atoms with Crippen LogP contribution in [0.25, 0.3) is 10.2 Å². The van der Waals surface area contributed by atoms with Crippen LogP contribution in [0.4, 0.5) is 10.8 Å². The maximum Gasteiger partial charge on any atom is 0.264 e. The predicted molar refractivity (Wildman–Crippen MR) is 133 cm³/mol. The summed E-state index contributed by atoms with van der Waals surface area (Å²) in [6, 6.07) is 21.5. The van der Waals surface area contributed by atoms with Gasteiger partial charge in [-0.25, -0.2) is 13.4 Å². The van der Waals surface area contributed by atoms with Crippen LogP contribution in [0, 0.1) is 6.92 Å². The summed E-state index contributed by atoms with van der Waals surface area (Å²) in [7, 11) is -3.73. The number of benzene rings is 3. The van der Waals surface area contributed by atoms with E-state index in [1.165, 1.54) is 27.8 Å². The van der Waals surface area contributed by atoms with Gasteiger partial charge in [0.25, 0.3) is 5.91 Å². The van der Waals surface area contributed by atoms with Crippen LogP contribution >= 0.6 is 11.3 Å². The van der Waals surface area contributed by atoms with Crippen LogP contribution in [-0.2, 0) is 14.8 Å². The van der Waals surface area contributed by atoms with E-state index in [0.29, 0.717) is 37.1 Å². The number of fused-ring (bicyclic) bond motifs is 1. The molecule has 1 aliphatic rings. The number of anilines is 2. The van der Waals surface area contributed by atoms with E-state index in [2.05, 4.69) is 0 Å². The van der Waals surface area contributed by atoms with Gasteiger partial charge in [0.15, 0.2) is 5.13 Å². The number of hydrogen-bond acceptors (Lipinski definition) is 6. The third kappa shape index (κ3) is 4.23. The van der Waals surface area contributed by atoms with Crippen molar-refractivity contribution in [2.75, 3.05) is 31.2 Å². The molecule has 5 rings (SSSR count). The second-order valence-corrected chi connectivity index (χ2v) is 10.9. The van der Waals surface area contributed by atoms with Gasteiger partial charge in [0, 0.05) is 18.7 Å². The highest BCUT2D eigenvalue weighted by Crippen LogP contribution is 2.36. The largest absolute Gasteiger partial charge is 0.379 e. The molecule has 0 atom stereocenters. The highest BCUT2D eigenvalue weighted by Gasteiger charge is 2.29. The van der Waals surface area contributed by atoms with Crippen molar-refractivity contribution in [3.63, 3.8) is 0 Å². The Kier molecular flexibility index (Phi) is 6.18. The molecule has 34 heavy (non-hydrogen) atoms. The van der Waals surface area contributed by atoms with Gasteiger partial charge < -0.3 is 4.74 Å². The maximum absolute atomic E-state index is 13.9. The number of hydrogen-bond donors (Lipinski definition) is 0. The molecule has 0 radical (unpaired) electrons. The number of nitrogens with zero attached hydrogens (tertiary/aromatic N) is 3. The van der Waals surface area contributed by atoms with Crippen LogP contribution in [0.1, 0.15) is 15.9 Å². The lowest BCUT2D eigenvalue weighted by Gasteiger charge is -2.26. The van der Waals surface area contributed by atoms with Crippen molar-refractivity contribution in [2.24, 2.45) is 0 Å². The topological polar surface area (TPSA) is 79.8 Å². The van der Waals surface area contributed by atoms with E-state index in [1.54, 1.807) is 17.0 Å². The van der Waals surface area contributed by atoms with E-state index < -0.39 is 10.0 Å². The number of morpholine rings is 1. The molecule has 1 fully saturated rings. The molecule has 0 aliphatic carbocycles. The maximum atomic E-state index is 13.9. The molecule has 4 aromatic rings. The minimum Gasteiger partial charge on any atom is -0.379 e. The minimum absolute atomic E-state index is 0.0919. The van der Waals surface area contributed by atoms with Crippen molar-refractivity contribution in [1.29, 1.82) is 0 Å². The molecule has 0 saturated carbocycles. The number of para-hydroxylation sites is 2. The third-order valence-electron chi connectivity index (χ3n) is 5.72. The lowest BCUT2D eigenvalue weighted by Crippen LogP contribution is -2.40. The highest BCUT2D eigenvalue weighted by molar-refractivity contribution is 7.89. The van der Waals surface area contributed by atoms with E-state index in [9.17, 15) is 13.2 Å². The summed E-state index contributed by atoms with van der Waals surface area (Å²) in [6.45, 7) is 3.23. The number of ether oxygens (including phenoxy) is 1. The first kappa shape index (κ1) is 22.7. The van der Waals surface area contributed by atoms with Crippen LogP contribution in [0.5, 0.6) is 0 Å². The van der Waals surface area contributed by atoms with Crippen molar-refractivity contribution in [3.8, 4) is 0 Å². The van der Waals surface area contributed by atoms with E-state index in [4.69, 9.17) is 9.72 Å². The number of aryl methyl sites for hydroxylation is 1.